The molecule has 104 valence electrons. The van der Waals surface area contributed by atoms with Crippen molar-refractivity contribution in [1.29, 1.82) is 0 Å². The summed E-state index contributed by atoms with van der Waals surface area (Å²) in [5, 5.41) is 0. The van der Waals surface area contributed by atoms with E-state index in [0.717, 1.165) is 29.4 Å². The lowest BCUT2D eigenvalue weighted by molar-refractivity contribution is -0.454. The van der Waals surface area contributed by atoms with E-state index < -0.39 is 0 Å². The number of hydrogen-bond acceptors (Lipinski definition) is 2. The Morgan fingerprint density at radius 3 is 2.55 bits per heavy atom. The molecular weight excluding hydrogens is 316 g/mol. The van der Waals surface area contributed by atoms with Crippen molar-refractivity contribution < 1.29 is 26.3 Å². The molecule has 0 amide bonds. The molecule has 0 bridgehead atoms. The second kappa shape index (κ2) is 6.09. The first-order valence-electron chi connectivity index (χ1n) is 6.51. The molecule has 0 saturated heterocycles. The van der Waals surface area contributed by atoms with E-state index in [-0.39, 0.29) is 17.0 Å². The predicted molar refractivity (Wildman–Crippen MR) is 76.0 cm³/mol. The minimum atomic E-state index is 0. The van der Waals surface area contributed by atoms with Crippen molar-refractivity contribution in [2.75, 3.05) is 6.61 Å². The summed E-state index contributed by atoms with van der Waals surface area (Å²) in [5.41, 5.74) is 9.68. The van der Waals surface area contributed by atoms with Crippen LogP contribution in [0.1, 0.15) is 18.1 Å². The third-order valence-electron chi connectivity index (χ3n) is 3.37. The summed E-state index contributed by atoms with van der Waals surface area (Å²) in [6.45, 7) is 3.44. The number of halogens is 1. The van der Waals surface area contributed by atoms with Crippen LogP contribution >= 0.6 is 0 Å². The molecule has 2 N–H and O–H groups in total. The fraction of sp³-hybridized carbons (Fsp3) is 0.188. The first kappa shape index (κ1) is 14.6. The van der Waals surface area contributed by atoms with Gasteiger partial charge in [-0.1, -0.05) is 30.3 Å². The highest BCUT2D eigenvalue weighted by Gasteiger charge is 2.27. The van der Waals surface area contributed by atoms with Crippen LogP contribution in [0.15, 0.2) is 48.5 Å². The second-order valence-corrected chi connectivity index (χ2v) is 4.53. The molecule has 2 aromatic rings. The van der Waals surface area contributed by atoms with E-state index in [2.05, 4.69) is 16.7 Å². The first-order chi connectivity index (χ1) is 9.31. The molecule has 0 aliphatic carbocycles. The second-order valence-electron chi connectivity index (χ2n) is 4.53. The number of ether oxygens (including phenoxy) is 1. The molecule has 0 aromatic heterocycles. The standard InChI is InChI=1S/C16H16N2O.BrH/c1-2-19-15-10-6-5-9-14(15)18-11-12-7-3-4-8-13(12)16(18)17;/h3-10,17H,2,11H2,1H3;1H. The lowest BCUT2D eigenvalue weighted by Gasteiger charge is -2.09. The van der Waals surface area contributed by atoms with Crippen molar-refractivity contribution in [2.45, 2.75) is 13.5 Å². The number of rotatable bonds is 3. The maximum atomic E-state index is 6.27. The zero-order valence-electron chi connectivity index (χ0n) is 11.3. The van der Waals surface area contributed by atoms with E-state index in [0.29, 0.717) is 6.61 Å². The highest BCUT2D eigenvalue weighted by atomic mass is 79.9. The van der Waals surface area contributed by atoms with Gasteiger partial charge < -0.3 is 21.7 Å². The molecule has 0 saturated carbocycles. The maximum absolute atomic E-state index is 6.27. The summed E-state index contributed by atoms with van der Waals surface area (Å²) < 4.78 is 7.79. The highest BCUT2D eigenvalue weighted by molar-refractivity contribution is 5.97. The normalized spacial score (nSPS) is 12.8. The molecule has 0 radical (unpaired) electrons. The Hall–Kier alpha value is -1.81. The maximum Gasteiger partial charge on any atom is 0.280 e. The van der Waals surface area contributed by atoms with Crippen molar-refractivity contribution in [3.05, 3.63) is 59.7 Å². The lowest BCUT2D eigenvalue weighted by Crippen LogP contribution is -3.00. The Kier molecular flexibility index (Phi) is 4.45. The van der Waals surface area contributed by atoms with Gasteiger partial charge in [0.05, 0.1) is 12.2 Å². The third-order valence-corrected chi connectivity index (χ3v) is 3.37. The molecule has 1 aliphatic heterocycles. The average molecular weight is 333 g/mol. The van der Waals surface area contributed by atoms with Gasteiger partial charge >= 0.3 is 0 Å². The average Bonchev–Trinajstić information content (AvgIpc) is 2.78. The van der Waals surface area contributed by atoms with Crippen molar-refractivity contribution in [3.63, 3.8) is 0 Å². The van der Waals surface area contributed by atoms with Gasteiger partial charge in [-0.2, -0.15) is 0 Å². The molecule has 0 atom stereocenters. The van der Waals surface area contributed by atoms with Crippen LogP contribution in [0.3, 0.4) is 0 Å². The smallest absolute Gasteiger partial charge is 0.280 e. The number of amidine groups is 1. The zero-order valence-corrected chi connectivity index (χ0v) is 12.9. The minimum absolute atomic E-state index is 0. The summed E-state index contributed by atoms with van der Waals surface area (Å²) >= 11 is 0. The van der Waals surface area contributed by atoms with Gasteiger partial charge in [0.15, 0.2) is 11.4 Å². The molecule has 20 heavy (non-hydrogen) atoms. The van der Waals surface area contributed by atoms with E-state index in [1.807, 2.05) is 43.3 Å². The van der Waals surface area contributed by atoms with Gasteiger partial charge in [-0.05, 0) is 25.1 Å². The van der Waals surface area contributed by atoms with Crippen LogP contribution < -0.4 is 27.5 Å². The fourth-order valence-corrected chi connectivity index (χ4v) is 2.48. The van der Waals surface area contributed by atoms with Crippen LogP contribution in [0.2, 0.25) is 0 Å². The number of fused-ring (bicyclic) bond motifs is 1. The van der Waals surface area contributed by atoms with Gasteiger partial charge in [0.2, 0.25) is 0 Å². The molecule has 3 nitrogen and oxygen atoms in total. The van der Waals surface area contributed by atoms with Crippen molar-refractivity contribution in [1.82, 2.24) is 0 Å². The van der Waals surface area contributed by atoms with Crippen LogP contribution in [0.4, 0.5) is 5.69 Å². The van der Waals surface area contributed by atoms with Crippen LogP contribution in [-0.2, 0) is 6.54 Å². The lowest BCUT2D eigenvalue weighted by atomic mass is 10.1. The number of para-hydroxylation sites is 2. The Bertz CT molecular complexity index is 652. The van der Waals surface area contributed by atoms with Gasteiger partial charge in [0, 0.05) is 5.56 Å². The third kappa shape index (κ3) is 2.43. The monoisotopic (exact) mass is 332 g/mol. The molecular formula is C16H17BrN2O. The molecule has 1 heterocycles. The van der Waals surface area contributed by atoms with Gasteiger partial charge in [0.25, 0.3) is 5.84 Å². The van der Waals surface area contributed by atoms with Crippen molar-refractivity contribution >= 4 is 11.5 Å². The predicted octanol–water partition coefficient (Wildman–Crippen LogP) is -0.348. The molecule has 3 rings (SSSR count). The summed E-state index contributed by atoms with van der Waals surface area (Å²) in [6, 6.07) is 16.3. The van der Waals surface area contributed by atoms with Gasteiger partial charge in [0.1, 0.15) is 6.54 Å². The molecule has 1 aliphatic rings. The van der Waals surface area contributed by atoms with E-state index in [4.69, 9.17) is 10.5 Å². The Balaban J connectivity index is 0.00000147. The zero-order chi connectivity index (χ0) is 13.2. The number of benzene rings is 2. The van der Waals surface area contributed by atoms with Crippen molar-refractivity contribution in [2.24, 2.45) is 5.73 Å². The SMILES string of the molecule is CCOc1ccccc1[N+]1=C(N)c2ccccc2C1.[Br-]. The Morgan fingerprint density at radius 1 is 1.10 bits per heavy atom. The summed E-state index contributed by atoms with van der Waals surface area (Å²) in [5.74, 6) is 1.67. The fourth-order valence-electron chi connectivity index (χ4n) is 2.48. The van der Waals surface area contributed by atoms with Crippen LogP contribution in [0.5, 0.6) is 5.75 Å². The number of hydrogen-bond donors (Lipinski definition) is 1. The van der Waals surface area contributed by atoms with Gasteiger partial charge in [-0.3, -0.25) is 5.73 Å². The number of nitrogens with two attached hydrogens (primary N) is 1. The Morgan fingerprint density at radius 2 is 1.80 bits per heavy atom. The summed E-state index contributed by atoms with van der Waals surface area (Å²) in [7, 11) is 0. The largest absolute Gasteiger partial charge is 1.00 e. The topological polar surface area (TPSA) is 38.3 Å². The van der Waals surface area contributed by atoms with Gasteiger partial charge in [-0.25, -0.2) is 4.58 Å². The minimum Gasteiger partial charge on any atom is -1.00 e. The molecule has 0 fully saturated rings. The van der Waals surface area contributed by atoms with E-state index in [1.54, 1.807) is 0 Å². The summed E-state index contributed by atoms with van der Waals surface area (Å²) in [4.78, 5) is 0. The van der Waals surface area contributed by atoms with Crippen LogP contribution in [0, 0.1) is 0 Å². The molecule has 4 heteroatoms. The van der Waals surface area contributed by atoms with Crippen LogP contribution in [0.25, 0.3) is 0 Å². The van der Waals surface area contributed by atoms with E-state index >= 15 is 0 Å². The van der Waals surface area contributed by atoms with Crippen molar-refractivity contribution in [3.8, 4) is 5.75 Å². The Labute approximate surface area is 129 Å². The van der Waals surface area contributed by atoms with Gasteiger partial charge in [-0.15, -0.1) is 0 Å². The quantitative estimate of drug-likeness (QED) is 0.780. The molecule has 0 spiro atoms. The van der Waals surface area contributed by atoms with E-state index in [9.17, 15) is 0 Å². The number of nitrogens with zero attached hydrogens (tertiary/aromatic N) is 1. The molecule has 2 aromatic carbocycles. The highest BCUT2D eigenvalue weighted by Crippen LogP contribution is 2.31. The van der Waals surface area contributed by atoms with E-state index in [1.165, 1.54) is 5.56 Å². The molecule has 0 unspecified atom stereocenters. The van der Waals surface area contributed by atoms with Crippen LogP contribution in [-0.4, -0.2) is 17.0 Å². The first-order valence-corrected chi connectivity index (χ1v) is 6.51. The summed E-state index contributed by atoms with van der Waals surface area (Å²) in [6.07, 6.45) is 0.